The number of aryl methyl sites for hydroxylation is 1. The molecule has 0 amide bonds. The molecule has 1 aromatic heterocycles. The maximum atomic E-state index is 5.39. The molecular formula is C13H21NO2. The molecule has 90 valence electrons. The molecule has 0 bridgehead atoms. The van der Waals surface area contributed by atoms with E-state index in [0.717, 1.165) is 24.9 Å². The van der Waals surface area contributed by atoms with Crippen molar-refractivity contribution in [3.05, 3.63) is 23.7 Å². The zero-order chi connectivity index (χ0) is 11.4. The molecule has 1 N–H and O–H groups in total. The van der Waals surface area contributed by atoms with Crippen LogP contribution in [0.15, 0.2) is 16.7 Å². The van der Waals surface area contributed by atoms with Crippen molar-refractivity contribution in [1.29, 1.82) is 0 Å². The fourth-order valence-electron chi connectivity index (χ4n) is 2.47. The molecule has 3 heteroatoms. The Morgan fingerprint density at radius 2 is 2.19 bits per heavy atom. The van der Waals surface area contributed by atoms with Crippen LogP contribution >= 0.6 is 0 Å². The van der Waals surface area contributed by atoms with Crippen LogP contribution in [0, 0.1) is 12.8 Å². The molecule has 0 aliphatic carbocycles. The van der Waals surface area contributed by atoms with Gasteiger partial charge in [-0.25, -0.2) is 0 Å². The molecule has 1 aromatic rings. The lowest BCUT2D eigenvalue weighted by Gasteiger charge is -2.26. The van der Waals surface area contributed by atoms with Gasteiger partial charge < -0.3 is 14.5 Å². The summed E-state index contributed by atoms with van der Waals surface area (Å²) in [6, 6.07) is 2.50. The lowest BCUT2D eigenvalue weighted by molar-refractivity contribution is 0.0607. The maximum absolute atomic E-state index is 5.39. The summed E-state index contributed by atoms with van der Waals surface area (Å²) in [5.41, 5.74) is 1.30. The first kappa shape index (κ1) is 11.7. The molecule has 0 spiro atoms. The maximum Gasteiger partial charge on any atom is 0.105 e. The van der Waals surface area contributed by atoms with Gasteiger partial charge in [-0.3, -0.25) is 0 Å². The monoisotopic (exact) mass is 223 g/mol. The van der Waals surface area contributed by atoms with Gasteiger partial charge in [0.15, 0.2) is 0 Å². The van der Waals surface area contributed by atoms with Crippen molar-refractivity contribution in [1.82, 2.24) is 5.32 Å². The highest BCUT2D eigenvalue weighted by Crippen LogP contribution is 2.29. The summed E-state index contributed by atoms with van der Waals surface area (Å²) in [4.78, 5) is 0. The fourth-order valence-corrected chi connectivity index (χ4v) is 2.47. The Balaban J connectivity index is 1.97. The Labute approximate surface area is 97.2 Å². The number of furan rings is 1. The highest BCUT2D eigenvalue weighted by atomic mass is 16.5. The quantitative estimate of drug-likeness (QED) is 0.852. The van der Waals surface area contributed by atoms with Gasteiger partial charge in [-0.2, -0.15) is 0 Å². The Kier molecular flexibility index (Phi) is 4.02. The molecule has 1 aliphatic rings. The molecule has 3 nitrogen and oxygen atoms in total. The van der Waals surface area contributed by atoms with Crippen LogP contribution in [0.2, 0.25) is 0 Å². The van der Waals surface area contributed by atoms with Crippen molar-refractivity contribution in [2.24, 2.45) is 5.92 Å². The molecule has 0 radical (unpaired) electrons. The smallest absolute Gasteiger partial charge is 0.105 e. The molecule has 2 heterocycles. The zero-order valence-electron chi connectivity index (χ0n) is 10.2. The van der Waals surface area contributed by atoms with E-state index in [1.165, 1.54) is 24.8 Å². The number of hydrogen-bond acceptors (Lipinski definition) is 3. The number of nitrogens with one attached hydrogen (secondary N) is 1. The lowest BCUT2D eigenvalue weighted by atomic mass is 9.90. The molecule has 0 saturated carbocycles. The van der Waals surface area contributed by atoms with Gasteiger partial charge in [-0.05, 0) is 45.2 Å². The molecule has 16 heavy (non-hydrogen) atoms. The van der Waals surface area contributed by atoms with Gasteiger partial charge in [0.2, 0.25) is 0 Å². The van der Waals surface area contributed by atoms with Crippen molar-refractivity contribution >= 4 is 0 Å². The van der Waals surface area contributed by atoms with Gasteiger partial charge in [-0.1, -0.05) is 0 Å². The molecule has 1 atom stereocenters. The van der Waals surface area contributed by atoms with Crippen molar-refractivity contribution in [3.8, 4) is 0 Å². The Bertz CT molecular complexity index is 315. The first-order valence-corrected chi connectivity index (χ1v) is 6.10. The average molecular weight is 223 g/mol. The molecule has 1 aliphatic heterocycles. The van der Waals surface area contributed by atoms with Crippen molar-refractivity contribution in [2.45, 2.75) is 32.2 Å². The SMILES string of the molecule is CNC(CC1CCOCC1)c1ccoc1C. The second-order valence-corrected chi connectivity index (χ2v) is 4.56. The summed E-state index contributed by atoms with van der Waals surface area (Å²) >= 11 is 0. The van der Waals surface area contributed by atoms with E-state index in [0.29, 0.717) is 6.04 Å². The third-order valence-corrected chi connectivity index (χ3v) is 3.53. The summed E-state index contributed by atoms with van der Waals surface area (Å²) in [7, 11) is 2.02. The summed E-state index contributed by atoms with van der Waals surface area (Å²) in [6.45, 7) is 3.88. The van der Waals surface area contributed by atoms with Crippen LogP contribution in [-0.2, 0) is 4.74 Å². The average Bonchev–Trinajstić information content (AvgIpc) is 2.74. The van der Waals surface area contributed by atoms with Gasteiger partial charge in [0.25, 0.3) is 0 Å². The van der Waals surface area contributed by atoms with Crippen molar-refractivity contribution < 1.29 is 9.15 Å². The van der Waals surface area contributed by atoms with E-state index in [1.807, 2.05) is 14.0 Å². The van der Waals surface area contributed by atoms with Crippen LogP contribution in [0.25, 0.3) is 0 Å². The fraction of sp³-hybridized carbons (Fsp3) is 0.692. The summed E-state index contributed by atoms with van der Waals surface area (Å²) in [5.74, 6) is 1.81. The number of ether oxygens (including phenoxy) is 1. The zero-order valence-corrected chi connectivity index (χ0v) is 10.2. The number of hydrogen-bond donors (Lipinski definition) is 1. The molecule has 1 saturated heterocycles. The van der Waals surface area contributed by atoms with Gasteiger partial charge >= 0.3 is 0 Å². The minimum absolute atomic E-state index is 0.418. The highest BCUT2D eigenvalue weighted by Gasteiger charge is 2.21. The van der Waals surface area contributed by atoms with E-state index in [-0.39, 0.29) is 0 Å². The molecule has 2 rings (SSSR count). The van der Waals surface area contributed by atoms with Crippen molar-refractivity contribution in [3.63, 3.8) is 0 Å². The van der Waals surface area contributed by atoms with Crippen LogP contribution in [0.3, 0.4) is 0 Å². The predicted molar refractivity (Wildman–Crippen MR) is 63.4 cm³/mol. The Morgan fingerprint density at radius 3 is 2.75 bits per heavy atom. The van der Waals surface area contributed by atoms with Crippen LogP contribution < -0.4 is 5.32 Å². The van der Waals surface area contributed by atoms with Gasteiger partial charge in [0, 0.05) is 24.8 Å². The van der Waals surface area contributed by atoms with Gasteiger partial charge in [0.1, 0.15) is 5.76 Å². The predicted octanol–water partition coefficient (Wildman–Crippen LogP) is 2.67. The molecule has 0 aromatic carbocycles. The van der Waals surface area contributed by atoms with Gasteiger partial charge in [-0.15, -0.1) is 0 Å². The van der Waals surface area contributed by atoms with E-state index in [4.69, 9.17) is 9.15 Å². The minimum Gasteiger partial charge on any atom is -0.469 e. The van der Waals surface area contributed by atoms with E-state index in [2.05, 4.69) is 11.4 Å². The first-order chi connectivity index (χ1) is 7.81. The second-order valence-electron chi connectivity index (χ2n) is 4.56. The third kappa shape index (κ3) is 2.66. The molecular weight excluding hydrogens is 202 g/mol. The van der Waals surface area contributed by atoms with Crippen LogP contribution in [0.5, 0.6) is 0 Å². The number of rotatable bonds is 4. The molecule has 1 fully saturated rings. The van der Waals surface area contributed by atoms with Crippen LogP contribution in [0.4, 0.5) is 0 Å². The van der Waals surface area contributed by atoms with E-state index >= 15 is 0 Å². The third-order valence-electron chi connectivity index (χ3n) is 3.53. The summed E-state index contributed by atoms with van der Waals surface area (Å²) < 4.78 is 10.8. The highest BCUT2D eigenvalue weighted by molar-refractivity contribution is 5.20. The van der Waals surface area contributed by atoms with E-state index in [1.54, 1.807) is 6.26 Å². The summed E-state index contributed by atoms with van der Waals surface area (Å²) in [6.07, 6.45) is 5.34. The minimum atomic E-state index is 0.418. The standard InChI is InChI=1S/C13H21NO2/c1-10-12(5-8-16-10)13(14-2)9-11-3-6-15-7-4-11/h5,8,11,13-14H,3-4,6-7,9H2,1-2H3. The van der Waals surface area contributed by atoms with E-state index in [9.17, 15) is 0 Å². The topological polar surface area (TPSA) is 34.4 Å². The van der Waals surface area contributed by atoms with Gasteiger partial charge in [0.05, 0.1) is 6.26 Å². The van der Waals surface area contributed by atoms with Crippen LogP contribution in [0.1, 0.15) is 36.6 Å². The summed E-state index contributed by atoms with van der Waals surface area (Å²) in [5, 5.41) is 3.39. The molecule has 1 unspecified atom stereocenters. The largest absolute Gasteiger partial charge is 0.469 e. The van der Waals surface area contributed by atoms with E-state index < -0.39 is 0 Å². The Hall–Kier alpha value is -0.800. The normalized spacial score (nSPS) is 19.9. The van der Waals surface area contributed by atoms with Crippen LogP contribution in [-0.4, -0.2) is 20.3 Å². The van der Waals surface area contributed by atoms with Crippen molar-refractivity contribution in [2.75, 3.05) is 20.3 Å². The first-order valence-electron chi connectivity index (χ1n) is 6.10. The lowest BCUT2D eigenvalue weighted by Crippen LogP contribution is -2.24. The Morgan fingerprint density at radius 1 is 1.44 bits per heavy atom. The second kappa shape index (κ2) is 5.51.